The van der Waals surface area contributed by atoms with E-state index in [4.69, 9.17) is 11.6 Å². The van der Waals surface area contributed by atoms with Crippen molar-refractivity contribution in [3.8, 4) is 39.6 Å². The van der Waals surface area contributed by atoms with Crippen molar-refractivity contribution in [2.24, 2.45) is 0 Å². The standard InChI is InChI=1S/C27H19ClN8S/c28-21-9-11-22(12-10-21)36-26(20-13-15-29-16-14-20)32-33-27(36)37-17-18-5-7-19(8-6-18)23-3-1-2-4-24(23)25-30-34-35-31-25/h1-16H,17H2,(H,30,31,34,35). The van der Waals surface area contributed by atoms with Gasteiger partial charge in [-0.05, 0) is 58.3 Å². The summed E-state index contributed by atoms with van der Waals surface area (Å²) in [7, 11) is 0. The van der Waals surface area contributed by atoms with E-state index < -0.39 is 0 Å². The summed E-state index contributed by atoms with van der Waals surface area (Å²) in [6.07, 6.45) is 3.50. The van der Waals surface area contributed by atoms with Crippen LogP contribution in [0, 0.1) is 0 Å². The van der Waals surface area contributed by atoms with E-state index in [1.807, 2.05) is 59.2 Å². The quantitative estimate of drug-likeness (QED) is 0.252. The van der Waals surface area contributed by atoms with Gasteiger partial charge in [-0.2, -0.15) is 5.21 Å². The van der Waals surface area contributed by atoms with E-state index in [-0.39, 0.29) is 0 Å². The first-order valence-corrected chi connectivity index (χ1v) is 12.8. The lowest BCUT2D eigenvalue weighted by Crippen LogP contribution is -1.99. The molecule has 6 aromatic rings. The van der Waals surface area contributed by atoms with Gasteiger partial charge in [-0.1, -0.05) is 71.9 Å². The largest absolute Gasteiger partial charge is 0.270 e. The second-order valence-corrected chi connectivity index (χ2v) is 9.50. The lowest BCUT2D eigenvalue weighted by atomic mass is 9.98. The minimum absolute atomic E-state index is 0.571. The monoisotopic (exact) mass is 522 g/mol. The highest BCUT2D eigenvalue weighted by Crippen LogP contribution is 2.32. The molecule has 8 nitrogen and oxygen atoms in total. The molecule has 0 aliphatic heterocycles. The van der Waals surface area contributed by atoms with Gasteiger partial charge < -0.3 is 0 Å². The van der Waals surface area contributed by atoms with Crippen LogP contribution in [-0.4, -0.2) is 40.4 Å². The zero-order valence-electron chi connectivity index (χ0n) is 19.4. The van der Waals surface area contributed by atoms with Gasteiger partial charge in [0.15, 0.2) is 11.0 Å². The van der Waals surface area contributed by atoms with Crippen molar-refractivity contribution in [2.45, 2.75) is 10.9 Å². The third-order valence-electron chi connectivity index (χ3n) is 5.80. The van der Waals surface area contributed by atoms with Crippen LogP contribution in [0.15, 0.2) is 102 Å². The number of aromatic amines is 1. The second kappa shape index (κ2) is 10.3. The predicted molar refractivity (Wildman–Crippen MR) is 144 cm³/mol. The summed E-state index contributed by atoms with van der Waals surface area (Å²) in [5, 5.41) is 25.0. The average molecular weight is 523 g/mol. The van der Waals surface area contributed by atoms with Crippen LogP contribution in [0.1, 0.15) is 5.56 Å². The highest BCUT2D eigenvalue weighted by Gasteiger charge is 2.17. The summed E-state index contributed by atoms with van der Waals surface area (Å²) in [4.78, 5) is 4.12. The Morgan fingerprint density at radius 1 is 0.757 bits per heavy atom. The van der Waals surface area contributed by atoms with Crippen molar-refractivity contribution < 1.29 is 0 Å². The molecule has 1 N–H and O–H groups in total. The van der Waals surface area contributed by atoms with Gasteiger partial charge in [0.25, 0.3) is 0 Å². The van der Waals surface area contributed by atoms with Crippen molar-refractivity contribution in [3.63, 3.8) is 0 Å². The molecule has 0 aliphatic carbocycles. The Hall–Kier alpha value is -4.34. The van der Waals surface area contributed by atoms with Crippen molar-refractivity contribution in [1.82, 2.24) is 40.4 Å². The predicted octanol–water partition coefficient (Wildman–Crippen LogP) is 6.12. The molecule has 3 heterocycles. The number of hydrogen-bond acceptors (Lipinski definition) is 7. The van der Waals surface area contributed by atoms with Gasteiger partial charge in [0.2, 0.25) is 5.82 Å². The summed E-state index contributed by atoms with van der Waals surface area (Å²) < 4.78 is 2.05. The number of halogens is 1. The Morgan fingerprint density at radius 2 is 1.51 bits per heavy atom. The minimum Gasteiger partial charge on any atom is -0.270 e. The fraction of sp³-hybridized carbons (Fsp3) is 0.0370. The first-order valence-electron chi connectivity index (χ1n) is 11.4. The Bertz CT molecular complexity index is 1620. The molecule has 0 bridgehead atoms. The molecule has 0 radical (unpaired) electrons. The molecule has 0 atom stereocenters. The van der Waals surface area contributed by atoms with Crippen LogP contribution in [-0.2, 0) is 5.75 Å². The first-order chi connectivity index (χ1) is 18.3. The highest BCUT2D eigenvalue weighted by atomic mass is 35.5. The number of H-pyrrole nitrogens is 1. The van der Waals surface area contributed by atoms with Gasteiger partial charge in [0.1, 0.15) is 0 Å². The van der Waals surface area contributed by atoms with Crippen LogP contribution < -0.4 is 0 Å². The number of rotatable bonds is 7. The molecule has 3 aromatic heterocycles. The molecule has 0 amide bonds. The first kappa shape index (κ1) is 23.1. The van der Waals surface area contributed by atoms with Gasteiger partial charge in [-0.3, -0.25) is 9.55 Å². The second-order valence-electron chi connectivity index (χ2n) is 8.12. The number of thioether (sulfide) groups is 1. The third kappa shape index (κ3) is 4.87. The Kier molecular flexibility index (Phi) is 6.45. The molecule has 10 heteroatoms. The van der Waals surface area contributed by atoms with Crippen molar-refractivity contribution in [3.05, 3.63) is 108 Å². The molecule has 0 saturated carbocycles. The Morgan fingerprint density at radius 3 is 2.24 bits per heavy atom. The van der Waals surface area contributed by atoms with Crippen LogP contribution in [0.3, 0.4) is 0 Å². The minimum atomic E-state index is 0.571. The number of tetrazole rings is 1. The van der Waals surface area contributed by atoms with Crippen molar-refractivity contribution in [1.29, 1.82) is 0 Å². The van der Waals surface area contributed by atoms with Crippen LogP contribution in [0.2, 0.25) is 5.02 Å². The van der Waals surface area contributed by atoms with E-state index in [0.717, 1.165) is 44.7 Å². The average Bonchev–Trinajstić information content (AvgIpc) is 3.64. The fourth-order valence-electron chi connectivity index (χ4n) is 4.01. The van der Waals surface area contributed by atoms with E-state index in [9.17, 15) is 0 Å². The van der Waals surface area contributed by atoms with E-state index in [1.165, 1.54) is 5.56 Å². The number of nitrogens with zero attached hydrogens (tertiary/aromatic N) is 7. The highest BCUT2D eigenvalue weighted by molar-refractivity contribution is 7.98. The van der Waals surface area contributed by atoms with E-state index in [0.29, 0.717) is 10.8 Å². The van der Waals surface area contributed by atoms with Crippen molar-refractivity contribution >= 4 is 23.4 Å². The van der Waals surface area contributed by atoms with Gasteiger partial charge in [-0.15, -0.1) is 20.4 Å². The van der Waals surface area contributed by atoms with Gasteiger partial charge in [-0.25, -0.2) is 0 Å². The lowest BCUT2D eigenvalue weighted by molar-refractivity contribution is 0.881. The number of benzene rings is 3. The van der Waals surface area contributed by atoms with Gasteiger partial charge >= 0.3 is 0 Å². The topological polar surface area (TPSA) is 98.1 Å². The SMILES string of the molecule is Clc1ccc(-n2c(SCc3ccc(-c4ccccc4-c4nn[nH]n4)cc3)nnc2-c2ccncc2)cc1. The number of nitrogens with one attached hydrogen (secondary N) is 1. The lowest BCUT2D eigenvalue weighted by Gasteiger charge is -2.11. The fourth-order valence-corrected chi connectivity index (χ4v) is 5.04. The molecule has 3 aromatic carbocycles. The maximum atomic E-state index is 6.14. The van der Waals surface area contributed by atoms with Crippen LogP contribution >= 0.6 is 23.4 Å². The Balaban J connectivity index is 1.27. The molecule has 0 saturated heterocycles. The van der Waals surface area contributed by atoms with Crippen LogP contribution in [0.4, 0.5) is 0 Å². The number of aromatic nitrogens is 8. The molecule has 0 aliphatic rings. The number of pyridine rings is 1. The molecule has 37 heavy (non-hydrogen) atoms. The summed E-state index contributed by atoms with van der Waals surface area (Å²) >= 11 is 7.77. The molecular formula is C27H19ClN8S. The van der Waals surface area contributed by atoms with Crippen molar-refractivity contribution in [2.75, 3.05) is 0 Å². The maximum Gasteiger partial charge on any atom is 0.205 e. The summed E-state index contributed by atoms with van der Waals surface area (Å²) in [6.45, 7) is 0. The maximum absolute atomic E-state index is 6.14. The normalized spacial score (nSPS) is 11.1. The van der Waals surface area contributed by atoms with E-state index in [1.54, 1.807) is 24.2 Å². The zero-order chi connectivity index (χ0) is 25.0. The molecule has 0 spiro atoms. The van der Waals surface area contributed by atoms with Crippen LogP contribution in [0.5, 0.6) is 0 Å². The summed E-state index contributed by atoms with van der Waals surface area (Å²) in [5.41, 5.74) is 6.11. The molecule has 0 unspecified atom stereocenters. The van der Waals surface area contributed by atoms with E-state index >= 15 is 0 Å². The molecule has 180 valence electrons. The summed E-state index contributed by atoms with van der Waals surface area (Å²) in [5.74, 6) is 2.05. The third-order valence-corrected chi connectivity index (χ3v) is 7.05. The summed E-state index contributed by atoms with van der Waals surface area (Å²) in [6, 6.07) is 28.0. The number of hydrogen-bond donors (Lipinski definition) is 1. The van der Waals surface area contributed by atoms with Crippen LogP contribution in [0.25, 0.3) is 39.6 Å². The molecular weight excluding hydrogens is 504 g/mol. The Labute approximate surface area is 221 Å². The van der Waals surface area contributed by atoms with Gasteiger partial charge in [0.05, 0.1) is 0 Å². The zero-order valence-corrected chi connectivity index (χ0v) is 20.9. The van der Waals surface area contributed by atoms with E-state index in [2.05, 4.69) is 66.1 Å². The van der Waals surface area contributed by atoms with Gasteiger partial charge in [0, 0.05) is 40.0 Å². The molecule has 0 fully saturated rings. The smallest absolute Gasteiger partial charge is 0.205 e. The molecule has 6 rings (SSSR count).